The van der Waals surface area contributed by atoms with Gasteiger partial charge in [0.1, 0.15) is 5.69 Å². The smallest absolute Gasteiger partial charge is 0.255 e. The molecule has 6 heteroatoms. The number of pyridine rings is 1. The zero-order valence-corrected chi connectivity index (χ0v) is 15.8. The van der Waals surface area contributed by atoms with Gasteiger partial charge >= 0.3 is 0 Å². The van der Waals surface area contributed by atoms with Crippen molar-refractivity contribution in [3.05, 3.63) is 94.6 Å². The lowest BCUT2D eigenvalue weighted by Crippen LogP contribution is -2.34. The zero-order valence-electron chi connectivity index (χ0n) is 15.8. The van der Waals surface area contributed by atoms with Crippen molar-refractivity contribution in [3.8, 4) is 11.5 Å². The predicted molar refractivity (Wildman–Crippen MR) is 109 cm³/mol. The average molecular weight is 374 g/mol. The van der Waals surface area contributed by atoms with E-state index in [1.54, 1.807) is 36.2 Å². The summed E-state index contributed by atoms with van der Waals surface area (Å²) in [6.07, 6.45) is 3.30. The number of aromatic nitrogens is 3. The number of benzene rings is 1. The molecular weight excluding hydrogens is 352 g/mol. The van der Waals surface area contributed by atoms with Crippen LogP contribution in [0.2, 0.25) is 0 Å². The molecule has 3 rings (SSSR count). The average Bonchev–Trinajstić information content (AvgIpc) is 2.71. The summed E-state index contributed by atoms with van der Waals surface area (Å²) in [7, 11) is 0. The van der Waals surface area contributed by atoms with Crippen molar-refractivity contribution in [3.63, 3.8) is 0 Å². The minimum Gasteiger partial charge on any atom is -0.334 e. The van der Waals surface area contributed by atoms with E-state index < -0.39 is 0 Å². The highest BCUT2D eigenvalue weighted by molar-refractivity contribution is 5.79. The fourth-order valence-corrected chi connectivity index (χ4v) is 2.92. The summed E-state index contributed by atoms with van der Waals surface area (Å²) in [5.74, 6) is 0.247. The molecule has 1 amide bonds. The number of hydrogen-bond donors (Lipinski definition) is 1. The van der Waals surface area contributed by atoms with Crippen molar-refractivity contribution < 1.29 is 4.79 Å². The largest absolute Gasteiger partial charge is 0.334 e. The van der Waals surface area contributed by atoms with E-state index in [9.17, 15) is 9.59 Å². The summed E-state index contributed by atoms with van der Waals surface area (Å²) >= 11 is 0. The maximum atomic E-state index is 12.9. The molecule has 0 bridgehead atoms. The van der Waals surface area contributed by atoms with E-state index in [0.717, 1.165) is 5.56 Å². The normalized spacial score (nSPS) is 10.5. The Morgan fingerprint density at radius 1 is 1.18 bits per heavy atom. The summed E-state index contributed by atoms with van der Waals surface area (Å²) in [6, 6.07) is 15.1. The molecule has 28 heavy (non-hydrogen) atoms. The van der Waals surface area contributed by atoms with Crippen LogP contribution in [0.5, 0.6) is 0 Å². The first kappa shape index (κ1) is 19.2. The van der Waals surface area contributed by atoms with Crippen LogP contribution < -0.4 is 5.56 Å². The Bertz CT molecular complexity index is 1010. The van der Waals surface area contributed by atoms with Gasteiger partial charge < -0.3 is 9.88 Å². The molecule has 0 fully saturated rings. The number of aryl methyl sites for hydroxylation is 1. The van der Waals surface area contributed by atoms with Crippen molar-refractivity contribution in [2.24, 2.45) is 0 Å². The first-order chi connectivity index (χ1) is 13.6. The molecule has 0 unspecified atom stereocenters. The Morgan fingerprint density at radius 3 is 2.57 bits per heavy atom. The monoisotopic (exact) mass is 374 g/mol. The van der Waals surface area contributed by atoms with Crippen molar-refractivity contribution in [1.82, 2.24) is 19.9 Å². The molecule has 2 heterocycles. The summed E-state index contributed by atoms with van der Waals surface area (Å²) in [4.78, 5) is 38.5. The highest BCUT2D eigenvalue weighted by Crippen LogP contribution is 2.12. The van der Waals surface area contributed by atoms with Gasteiger partial charge in [-0.3, -0.25) is 14.6 Å². The van der Waals surface area contributed by atoms with Crippen LogP contribution in [0, 0.1) is 6.92 Å². The molecule has 3 aromatic rings. The third-order valence-corrected chi connectivity index (χ3v) is 4.38. The first-order valence-corrected chi connectivity index (χ1v) is 9.02. The van der Waals surface area contributed by atoms with E-state index in [-0.39, 0.29) is 17.9 Å². The van der Waals surface area contributed by atoms with Gasteiger partial charge in [0, 0.05) is 30.5 Å². The van der Waals surface area contributed by atoms with Gasteiger partial charge in [-0.25, -0.2) is 4.98 Å². The number of carbonyl (C=O) groups excluding carboxylic acids is 1. The molecular formula is C22H22N4O2. The van der Waals surface area contributed by atoms with Crippen molar-refractivity contribution in [2.45, 2.75) is 19.9 Å². The number of H-pyrrole nitrogens is 1. The fourth-order valence-electron chi connectivity index (χ4n) is 2.92. The molecule has 1 aromatic carbocycles. The van der Waals surface area contributed by atoms with Crippen LogP contribution in [-0.4, -0.2) is 32.3 Å². The highest BCUT2D eigenvalue weighted by atomic mass is 16.2. The molecule has 0 spiro atoms. The van der Waals surface area contributed by atoms with Gasteiger partial charge in [-0.2, -0.15) is 0 Å². The molecule has 1 N–H and O–H groups in total. The molecule has 0 aliphatic heterocycles. The first-order valence-electron chi connectivity index (χ1n) is 9.02. The van der Waals surface area contributed by atoms with Gasteiger partial charge in [-0.05, 0) is 24.6 Å². The third kappa shape index (κ3) is 4.59. The van der Waals surface area contributed by atoms with Crippen molar-refractivity contribution in [2.75, 3.05) is 6.54 Å². The third-order valence-electron chi connectivity index (χ3n) is 4.38. The van der Waals surface area contributed by atoms with E-state index in [1.165, 1.54) is 0 Å². The van der Waals surface area contributed by atoms with E-state index >= 15 is 0 Å². The molecule has 0 atom stereocenters. The molecule has 6 nitrogen and oxygen atoms in total. The molecule has 142 valence electrons. The van der Waals surface area contributed by atoms with E-state index in [1.807, 2.05) is 36.4 Å². The van der Waals surface area contributed by atoms with E-state index in [0.29, 0.717) is 35.9 Å². The lowest BCUT2D eigenvalue weighted by Gasteiger charge is -2.21. The van der Waals surface area contributed by atoms with Crippen molar-refractivity contribution in [1.29, 1.82) is 0 Å². The Balaban J connectivity index is 1.82. The molecule has 0 radical (unpaired) electrons. The van der Waals surface area contributed by atoms with Crippen LogP contribution in [-0.2, 0) is 17.8 Å². The number of nitrogens with zero attached hydrogens (tertiary/aromatic N) is 3. The highest BCUT2D eigenvalue weighted by Gasteiger charge is 2.18. The Morgan fingerprint density at radius 2 is 1.93 bits per heavy atom. The number of amides is 1. The molecule has 0 saturated heterocycles. The molecule has 0 saturated carbocycles. The number of rotatable bonds is 7. The van der Waals surface area contributed by atoms with Crippen LogP contribution >= 0.6 is 0 Å². The number of hydrogen-bond acceptors (Lipinski definition) is 4. The van der Waals surface area contributed by atoms with Crippen LogP contribution in [0.1, 0.15) is 16.8 Å². The topological polar surface area (TPSA) is 79.0 Å². The maximum absolute atomic E-state index is 12.9. The molecule has 0 aliphatic carbocycles. The van der Waals surface area contributed by atoms with E-state index in [4.69, 9.17) is 0 Å². The van der Waals surface area contributed by atoms with Crippen LogP contribution in [0.15, 0.2) is 72.2 Å². The zero-order chi connectivity index (χ0) is 19.9. The van der Waals surface area contributed by atoms with Gasteiger partial charge in [0.15, 0.2) is 5.82 Å². The lowest BCUT2D eigenvalue weighted by atomic mass is 10.1. The summed E-state index contributed by atoms with van der Waals surface area (Å²) in [5.41, 5.74) is 2.17. The van der Waals surface area contributed by atoms with Gasteiger partial charge in [0.05, 0.1) is 6.42 Å². The van der Waals surface area contributed by atoms with Crippen molar-refractivity contribution >= 4 is 5.91 Å². The van der Waals surface area contributed by atoms with Gasteiger partial charge in [-0.1, -0.05) is 42.5 Å². The van der Waals surface area contributed by atoms with Crippen LogP contribution in [0.4, 0.5) is 0 Å². The summed E-state index contributed by atoms with van der Waals surface area (Å²) in [6.45, 7) is 6.33. The predicted octanol–water partition coefficient (Wildman–Crippen LogP) is 2.90. The summed E-state index contributed by atoms with van der Waals surface area (Å²) < 4.78 is 0. The second kappa shape index (κ2) is 8.90. The minimum absolute atomic E-state index is 0.0165. The standard InChI is InChI=1S/C22H22N4O2/c1-3-13-26(15-17-9-5-4-6-10-17)20(27)14-18-16(2)24-21(25-22(18)28)19-11-7-8-12-23-19/h3-12H,1,13-15H2,2H3,(H,24,25,28). The fraction of sp³-hybridized carbons (Fsp3) is 0.182. The van der Waals surface area contributed by atoms with Gasteiger partial charge in [0.25, 0.3) is 5.56 Å². The quantitative estimate of drug-likeness (QED) is 0.645. The molecule has 0 aliphatic rings. The van der Waals surface area contributed by atoms with Gasteiger partial charge in [-0.15, -0.1) is 6.58 Å². The second-order valence-electron chi connectivity index (χ2n) is 6.42. The van der Waals surface area contributed by atoms with Crippen LogP contribution in [0.25, 0.3) is 11.5 Å². The Kier molecular flexibility index (Phi) is 6.11. The summed E-state index contributed by atoms with van der Waals surface area (Å²) in [5, 5.41) is 0. The lowest BCUT2D eigenvalue weighted by molar-refractivity contribution is -0.130. The minimum atomic E-state index is -0.320. The SMILES string of the molecule is C=CCN(Cc1ccccc1)C(=O)Cc1c(C)nc(-c2ccccn2)[nH]c1=O. The van der Waals surface area contributed by atoms with Crippen LogP contribution in [0.3, 0.4) is 0 Å². The number of carbonyl (C=O) groups is 1. The number of nitrogens with one attached hydrogen (secondary N) is 1. The van der Waals surface area contributed by atoms with Gasteiger partial charge in [0.2, 0.25) is 5.91 Å². The Hall–Kier alpha value is -3.54. The number of aromatic amines is 1. The van der Waals surface area contributed by atoms with E-state index in [2.05, 4.69) is 21.5 Å². The maximum Gasteiger partial charge on any atom is 0.255 e. The molecule has 2 aromatic heterocycles. The second-order valence-corrected chi connectivity index (χ2v) is 6.42. The Labute approximate surface area is 163 Å².